The number of hydrogen-bond donors (Lipinski definition) is 2. The molecule has 4 nitrogen and oxygen atoms in total. The Balaban J connectivity index is 1.68. The second kappa shape index (κ2) is 8.57. The first-order chi connectivity index (χ1) is 16.3. The summed E-state index contributed by atoms with van der Waals surface area (Å²) in [7, 11) is 0. The van der Waals surface area contributed by atoms with Crippen LogP contribution in [0.1, 0.15) is 83.7 Å². The summed E-state index contributed by atoms with van der Waals surface area (Å²) in [6, 6.07) is 2.15. The highest BCUT2D eigenvalue weighted by atomic mass is 16.4. The summed E-state index contributed by atoms with van der Waals surface area (Å²) < 4.78 is 12.2. The van der Waals surface area contributed by atoms with Gasteiger partial charge in [0.1, 0.15) is 5.76 Å². The molecule has 0 fully saturated rings. The summed E-state index contributed by atoms with van der Waals surface area (Å²) in [6.07, 6.45) is 11.2. The molecule has 178 valence electrons. The molecule has 1 unspecified atom stereocenters. The number of allylic oxidation sites excluding steroid dienone is 2. The van der Waals surface area contributed by atoms with E-state index >= 15 is 0 Å². The Kier molecular flexibility index (Phi) is 5.71. The molecule has 0 saturated heterocycles. The van der Waals surface area contributed by atoms with Gasteiger partial charge in [0.25, 0.3) is 0 Å². The fourth-order valence-corrected chi connectivity index (χ4v) is 5.93. The number of aromatic hydroxyl groups is 2. The summed E-state index contributed by atoms with van der Waals surface area (Å²) >= 11 is 0. The summed E-state index contributed by atoms with van der Waals surface area (Å²) in [4.78, 5) is 0. The van der Waals surface area contributed by atoms with E-state index in [2.05, 4.69) is 32.9 Å². The van der Waals surface area contributed by atoms with Gasteiger partial charge in [0.05, 0.1) is 6.26 Å². The maximum Gasteiger partial charge on any atom is 0.176 e. The molecule has 2 heterocycles. The first-order valence-electron chi connectivity index (χ1n) is 12.4. The van der Waals surface area contributed by atoms with Crippen molar-refractivity contribution in [2.75, 3.05) is 0 Å². The van der Waals surface area contributed by atoms with Gasteiger partial charge in [-0.2, -0.15) is 0 Å². The van der Waals surface area contributed by atoms with Crippen molar-refractivity contribution < 1.29 is 19.0 Å². The molecule has 4 aromatic rings. The standard InChI is InChI=1S/C30H34O4/c1-6-7-8-11-20-17(3)13-22-19(5)24(34-29(22)27(20)31)14-23-25-16(2)10-9-12-21(25)28(32)30-26(23)18(4)15-33-30/h6-7,13,15-16,31-32H,8-12,14H2,1-5H3. The van der Waals surface area contributed by atoms with Gasteiger partial charge in [0.15, 0.2) is 22.7 Å². The molecule has 0 spiro atoms. The maximum absolute atomic E-state index is 11.1. The van der Waals surface area contributed by atoms with Crippen LogP contribution in [-0.4, -0.2) is 10.2 Å². The Labute approximate surface area is 200 Å². The molecule has 0 saturated carbocycles. The SMILES string of the molecule is CC=CCCc1c(C)cc2c(C)c(Cc3c4c(c(O)c5occ(C)c35)CCCC4C)oc2c1O. The van der Waals surface area contributed by atoms with E-state index in [1.54, 1.807) is 6.26 Å². The number of furan rings is 2. The third kappa shape index (κ3) is 3.43. The highest BCUT2D eigenvalue weighted by molar-refractivity contribution is 5.93. The van der Waals surface area contributed by atoms with Crippen molar-refractivity contribution in [3.05, 3.63) is 69.2 Å². The lowest BCUT2D eigenvalue weighted by Gasteiger charge is -2.27. The monoisotopic (exact) mass is 458 g/mol. The van der Waals surface area contributed by atoms with Gasteiger partial charge in [-0.1, -0.05) is 19.1 Å². The number of phenols is 2. The van der Waals surface area contributed by atoms with Crippen LogP contribution in [0.25, 0.3) is 21.9 Å². The lowest BCUT2D eigenvalue weighted by Crippen LogP contribution is -2.12. The molecule has 2 aromatic carbocycles. The van der Waals surface area contributed by atoms with Crippen LogP contribution in [0.4, 0.5) is 0 Å². The molecule has 1 atom stereocenters. The minimum absolute atomic E-state index is 0.264. The maximum atomic E-state index is 11.1. The van der Waals surface area contributed by atoms with Gasteiger partial charge in [-0.25, -0.2) is 0 Å². The van der Waals surface area contributed by atoms with Crippen LogP contribution in [0.15, 0.2) is 33.3 Å². The average molecular weight is 459 g/mol. The van der Waals surface area contributed by atoms with Crippen LogP contribution in [0.3, 0.4) is 0 Å². The molecule has 0 aliphatic heterocycles. The molecule has 2 N–H and O–H groups in total. The van der Waals surface area contributed by atoms with E-state index in [-0.39, 0.29) is 5.75 Å². The molecule has 2 aromatic heterocycles. The van der Waals surface area contributed by atoms with Crippen molar-refractivity contribution in [1.82, 2.24) is 0 Å². The Hall–Kier alpha value is -3.14. The zero-order valence-electron chi connectivity index (χ0n) is 20.8. The quantitative estimate of drug-likeness (QED) is 0.297. The Bertz CT molecular complexity index is 1430. The zero-order chi connectivity index (χ0) is 24.1. The molecule has 5 rings (SSSR count). The first-order valence-corrected chi connectivity index (χ1v) is 12.4. The first kappa shape index (κ1) is 22.6. The number of rotatable bonds is 5. The van der Waals surface area contributed by atoms with E-state index in [1.807, 2.05) is 19.9 Å². The second-order valence-corrected chi connectivity index (χ2v) is 9.97. The largest absolute Gasteiger partial charge is 0.504 e. The third-order valence-electron chi connectivity index (χ3n) is 7.75. The van der Waals surface area contributed by atoms with Crippen molar-refractivity contribution in [3.8, 4) is 11.5 Å². The summed E-state index contributed by atoms with van der Waals surface area (Å²) in [5.74, 6) is 1.79. The molecule has 0 bridgehead atoms. The Morgan fingerprint density at radius 2 is 1.85 bits per heavy atom. The minimum Gasteiger partial charge on any atom is -0.504 e. The molecule has 1 aliphatic carbocycles. The van der Waals surface area contributed by atoms with Crippen LogP contribution in [-0.2, 0) is 19.3 Å². The van der Waals surface area contributed by atoms with Crippen LogP contribution in [0.5, 0.6) is 11.5 Å². The van der Waals surface area contributed by atoms with Gasteiger partial charge in [0.2, 0.25) is 0 Å². The lowest BCUT2D eigenvalue weighted by atomic mass is 9.78. The van der Waals surface area contributed by atoms with Crippen molar-refractivity contribution in [3.63, 3.8) is 0 Å². The Morgan fingerprint density at radius 1 is 1.06 bits per heavy atom. The summed E-state index contributed by atoms with van der Waals surface area (Å²) in [5.41, 5.74) is 8.75. The number of benzene rings is 2. The van der Waals surface area contributed by atoms with E-state index in [1.165, 1.54) is 11.1 Å². The highest BCUT2D eigenvalue weighted by Crippen LogP contribution is 2.47. The highest BCUT2D eigenvalue weighted by Gasteiger charge is 2.29. The predicted octanol–water partition coefficient (Wildman–Crippen LogP) is 8.05. The summed E-state index contributed by atoms with van der Waals surface area (Å²) in [6.45, 7) is 10.4. The lowest BCUT2D eigenvalue weighted by molar-refractivity contribution is 0.446. The molecule has 34 heavy (non-hydrogen) atoms. The smallest absolute Gasteiger partial charge is 0.176 e. The van der Waals surface area contributed by atoms with Gasteiger partial charge in [-0.05, 0) is 99.6 Å². The molecule has 4 heteroatoms. The minimum atomic E-state index is 0.264. The summed E-state index contributed by atoms with van der Waals surface area (Å²) in [5, 5.41) is 24.1. The number of aryl methyl sites for hydroxylation is 3. The normalized spacial score (nSPS) is 16.2. The number of hydrogen-bond acceptors (Lipinski definition) is 4. The van der Waals surface area contributed by atoms with E-state index < -0.39 is 0 Å². The van der Waals surface area contributed by atoms with E-state index in [0.29, 0.717) is 29.3 Å². The van der Waals surface area contributed by atoms with Crippen LogP contribution in [0, 0.1) is 20.8 Å². The van der Waals surface area contributed by atoms with Gasteiger partial charge >= 0.3 is 0 Å². The molecular weight excluding hydrogens is 424 g/mol. The van der Waals surface area contributed by atoms with Crippen molar-refractivity contribution in [2.45, 2.75) is 79.1 Å². The Morgan fingerprint density at radius 3 is 2.62 bits per heavy atom. The van der Waals surface area contributed by atoms with Crippen molar-refractivity contribution in [1.29, 1.82) is 0 Å². The van der Waals surface area contributed by atoms with Crippen molar-refractivity contribution >= 4 is 21.9 Å². The fraction of sp³-hybridized carbons (Fsp3) is 0.400. The van der Waals surface area contributed by atoms with Gasteiger partial charge in [-0.15, -0.1) is 0 Å². The van der Waals surface area contributed by atoms with Crippen molar-refractivity contribution in [2.24, 2.45) is 0 Å². The van der Waals surface area contributed by atoms with E-state index in [4.69, 9.17) is 8.83 Å². The second-order valence-electron chi connectivity index (χ2n) is 9.97. The number of phenolic OH excluding ortho intramolecular Hbond substituents is 2. The molecular formula is C30H34O4. The molecule has 0 radical (unpaired) electrons. The predicted molar refractivity (Wildman–Crippen MR) is 137 cm³/mol. The number of fused-ring (bicyclic) bond motifs is 3. The van der Waals surface area contributed by atoms with Crippen LogP contribution in [0.2, 0.25) is 0 Å². The topological polar surface area (TPSA) is 66.7 Å². The van der Waals surface area contributed by atoms with E-state index in [9.17, 15) is 10.2 Å². The molecule has 1 aliphatic rings. The van der Waals surface area contributed by atoms with Gasteiger partial charge in [0, 0.05) is 28.3 Å². The van der Waals surface area contributed by atoms with Crippen LogP contribution < -0.4 is 0 Å². The van der Waals surface area contributed by atoms with Gasteiger partial charge in [-0.3, -0.25) is 0 Å². The third-order valence-corrected chi connectivity index (χ3v) is 7.75. The average Bonchev–Trinajstić information content (AvgIpc) is 3.34. The fourth-order valence-electron chi connectivity index (χ4n) is 5.93. The van der Waals surface area contributed by atoms with Crippen LogP contribution >= 0.6 is 0 Å². The van der Waals surface area contributed by atoms with E-state index in [0.717, 1.165) is 76.5 Å². The van der Waals surface area contributed by atoms with Gasteiger partial charge < -0.3 is 19.0 Å². The zero-order valence-corrected chi connectivity index (χ0v) is 20.8. The molecule has 0 amide bonds.